The first kappa shape index (κ1) is 18.5. The summed E-state index contributed by atoms with van der Waals surface area (Å²) in [5, 5.41) is 13.7. The smallest absolute Gasteiger partial charge is 0.435 e. The van der Waals surface area contributed by atoms with E-state index in [1.165, 1.54) is 12.1 Å². The van der Waals surface area contributed by atoms with Crippen LogP contribution in [0.25, 0.3) is 11.4 Å². The lowest BCUT2D eigenvalue weighted by atomic mass is 10.0. The summed E-state index contributed by atoms with van der Waals surface area (Å²) in [5.41, 5.74) is 0.990. The van der Waals surface area contributed by atoms with Crippen molar-refractivity contribution >= 4 is 12.0 Å². The molecule has 140 valence electrons. The molecule has 0 fully saturated rings. The number of carbonyl (C=O) groups is 1. The highest BCUT2D eigenvalue weighted by atomic mass is 19.1. The van der Waals surface area contributed by atoms with Crippen LogP contribution in [-0.4, -0.2) is 36.5 Å². The van der Waals surface area contributed by atoms with Gasteiger partial charge in [-0.2, -0.15) is 4.98 Å². The van der Waals surface area contributed by atoms with E-state index in [-0.39, 0.29) is 17.6 Å². The van der Waals surface area contributed by atoms with Gasteiger partial charge in [-0.1, -0.05) is 12.1 Å². The van der Waals surface area contributed by atoms with Crippen molar-refractivity contribution in [2.75, 3.05) is 4.90 Å². The molecule has 0 aliphatic heterocycles. The number of halogens is 1. The summed E-state index contributed by atoms with van der Waals surface area (Å²) < 4.78 is 14.1. The van der Waals surface area contributed by atoms with Crippen LogP contribution < -0.4 is 4.90 Å². The van der Waals surface area contributed by atoms with Crippen LogP contribution in [0.15, 0.2) is 48.8 Å². The number of hydrogen-bond donors (Lipinski definition) is 1. The normalized spacial score (nSPS) is 11.4. The Bertz CT molecular complexity index is 933. The van der Waals surface area contributed by atoms with Crippen LogP contribution >= 0.6 is 0 Å². The number of carboxylic acid groups (broad SMARTS) is 1. The molecule has 0 bridgehead atoms. The van der Waals surface area contributed by atoms with Gasteiger partial charge in [0.1, 0.15) is 5.82 Å². The van der Waals surface area contributed by atoms with Gasteiger partial charge in [0.05, 0.1) is 0 Å². The molecule has 0 aliphatic carbocycles. The first-order valence-electron chi connectivity index (χ1n) is 8.38. The molecule has 27 heavy (non-hydrogen) atoms. The van der Waals surface area contributed by atoms with Crippen molar-refractivity contribution in [3.8, 4) is 11.4 Å². The maximum atomic E-state index is 13.2. The molecule has 0 atom stereocenters. The summed E-state index contributed by atoms with van der Waals surface area (Å²) in [7, 11) is 0. The van der Waals surface area contributed by atoms with E-state index in [1.54, 1.807) is 36.7 Å². The molecular formula is C19H20FN5O2. The highest BCUT2D eigenvalue weighted by Gasteiger charge is 2.29. The number of pyridine rings is 1. The third-order valence-corrected chi connectivity index (χ3v) is 4.00. The molecule has 0 spiro atoms. The van der Waals surface area contributed by atoms with Crippen molar-refractivity contribution in [1.29, 1.82) is 0 Å². The molecule has 2 aromatic heterocycles. The summed E-state index contributed by atoms with van der Waals surface area (Å²) in [4.78, 5) is 22.1. The molecule has 0 saturated carbocycles. The molecule has 0 aliphatic rings. The Morgan fingerprint density at radius 1 is 1.22 bits per heavy atom. The Morgan fingerprint density at radius 3 is 2.48 bits per heavy atom. The van der Waals surface area contributed by atoms with Crippen LogP contribution in [0, 0.1) is 5.82 Å². The van der Waals surface area contributed by atoms with Crippen molar-refractivity contribution < 1.29 is 14.3 Å². The maximum absolute atomic E-state index is 13.2. The zero-order valence-electron chi connectivity index (χ0n) is 15.3. The van der Waals surface area contributed by atoms with Crippen LogP contribution in [0.4, 0.5) is 15.1 Å². The van der Waals surface area contributed by atoms with Gasteiger partial charge in [0.2, 0.25) is 5.95 Å². The van der Waals surface area contributed by atoms with Gasteiger partial charge >= 0.3 is 6.09 Å². The van der Waals surface area contributed by atoms with Crippen molar-refractivity contribution in [1.82, 2.24) is 19.7 Å². The van der Waals surface area contributed by atoms with Crippen LogP contribution in [0.5, 0.6) is 0 Å². The van der Waals surface area contributed by atoms with Gasteiger partial charge in [0.25, 0.3) is 0 Å². The molecule has 3 rings (SSSR count). The first-order valence-corrected chi connectivity index (χ1v) is 8.38. The van der Waals surface area contributed by atoms with E-state index < -0.39 is 11.6 Å². The second kappa shape index (κ2) is 7.14. The second-order valence-corrected chi connectivity index (χ2v) is 7.05. The molecular weight excluding hydrogens is 349 g/mol. The average Bonchev–Trinajstić information content (AvgIpc) is 3.06. The standard InChI is InChI=1S/C19H20FN5O2/c1-19(2,3)24(12-13-6-8-15(20)9-7-13)17-22-16(23-25(17)18(26)27)14-5-4-10-21-11-14/h4-11H,12H2,1-3H3,(H,26,27). The predicted molar refractivity (Wildman–Crippen MR) is 99.0 cm³/mol. The molecule has 8 heteroatoms. The molecule has 1 N–H and O–H groups in total. The molecule has 0 amide bonds. The maximum Gasteiger partial charge on any atom is 0.435 e. The predicted octanol–water partition coefficient (Wildman–Crippen LogP) is 3.81. The second-order valence-electron chi connectivity index (χ2n) is 7.05. The monoisotopic (exact) mass is 369 g/mol. The lowest BCUT2D eigenvalue weighted by molar-refractivity contribution is 0.192. The number of nitrogens with zero attached hydrogens (tertiary/aromatic N) is 5. The van der Waals surface area contributed by atoms with Gasteiger partial charge in [-0.15, -0.1) is 9.78 Å². The van der Waals surface area contributed by atoms with Crippen molar-refractivity contribution in [3.05, 3.63) is 60.2 Å². The van der Waals surface area contributed by atoms with Crippen LogP contribution in [0.2, 0.25) is 0 Å². The molecule has 0 radical (unpaired) electrons. The van der Waals surface area contributed by atoms with Gasteiger partial charge in [-0.3, -0.25) is 4.98 Å². The number of benzene rings is 1. The van der Waals surface area contributed by atoms with Crippen molar-refractivity contribution in [2.24, 2.45) is 0 Å². The molecule has 2 heterocycles. The molecule has 1 aromatic carbocycles. The fraction of sp³-hybridized carbons (Fsp3) is 0.263. The summed E-state index contributed by atoms with van der Waals surface area (Å²) in [5.74, 6) is 0.139. The zero-order valence-corrected chi connectivity index (χ0v) is 15.3. The average molecular weight is 369 g/mol. The van der Waals surface area contributed by atoms with E-state index in [2.05, 4.69) is 15.1 Å². The Labute approximate surface area is 156 Å². The quantitative estimate of drug-likeness (QED) is 0.753. The van der Waals surface area contributed by atoms with Crippen LogP contribution in [0.3, 0.4) is 0 Å². The minimum atomic E-state index is -1.24. The Kier molecular flexibility index (Phi) is 4.89. The zero-order chi connectivity index (χ0) is 19.6. The lowest BCUT2D eigenvalue weighted by Crippen LogP contribution is -2.43. The highest BCUT2D eigenvalue weighted by Crippen LogP contribution is 2.27. The molecule has 0 saturated heterocycles. The third kappa shape index (κ3) is 4.11. The Balaban J connectivity index is 2.07. The Morgan fingerprint density at radius 2 is 1.93 bits per heavy atom. The topological polar surface area (TPSA) is 84.1 Å². The first-order chi connectivity index (χ1) is 12.8. The van der Waals surface area contributed by atoms with Crippen molar-refractivity contribution in [3.63, 3.8) is 0 Å². The Hall–Kier alpha value is -3.29. The summed E-state index contributed by atoms with van der Waals surface area (Å²) in [6.45, 7) is 6.19. The summed E-state index contributed by atoms with van der Waals surface area (Å²) >= 11 is 0. The third-order valence-electron chi connectivity index (χ3n) is 4.00. The largest absolute Gasteiger partial charge is 0.463 e. The van der Waals surface area contributed by atoms with Crippen LogP contribution in [0.1, 0.15) is 26.3 Å². The van der Waals surface area contributed by atoms with E-state index in [1.807, 2.05) is 25.7 Å². The number of rotatable bonds is 4. The van der Waals surface area contributed by atoms with Gasteiger partial charge in [0, 0.05) is 30.0 Å². The van der Waals surface area contributed by atoms with Crippen LogP contribution in [-0.2, 0) is 6.54 Å². The lowest BCUT2D eigenvalue weighted by Gasteiger charge is -2.36. The van der Waals surface area contributed by atoms with E-state index in [0.717, 1.165) is 10.2 Å². The summed E-state index contributed by atoms with van der Waals surface area (Å²) in [6, 6.07) is 9.57. The minimum absolute atomic E-state index is 0.193. The fourth-order valence-electron chi connectivity index (χ4n) is 2.60. The number of anilines is 1. The van der Waals surface area contributed by atoms with E-state index in [0.29, 0.717) is 12.1 Å². The van der Waals surface area contributed by atoms with E-state index in [4.69, 9.17) is 0 Å². The van der Waals surface area contributed by atoms with Gasteiger partial charge < -0.3 is 10.0 Å². The number of hydrogen-bond acceptors (Lipinski definition) is 5. The van der Waals surface area contributed by atoms with Gasteiger partial charge in [-0.25, -0.2) is 9.18 Å². The molecule has 0 unspecified atom stereocenters. The molecule has 3 aromatic rings. The SMILES string of the molecule is CC(C)(C)N(Cc1ccc(F)cc1)c1nc(-c2cccnc2)nn1C(=O)O. The van der Waals surface area contributed by atoms with E-state index in [9.17, 15) is 14.3 Å². The van der Waals surface area contributed by atoms with Gasteiger partial charge in [-0.05, 0) is 50.6 Å². The van der Waals surface area contributed by atoms with E-state index >= 15 is 0 Å². The van der Waals surface area contributed by atoms with Crippen molar-refractivity contribution in [2.45, 2.75) is 32.9 Å². The number of aromatic nitrogens is 4. The minimum Gasteiger partial charge on any atom is -0.463 e. The van der Waals surface area contributed by atoms with Gasteiger partial charge in [0.15, 0.2) is 5.82 Å². The fourth-order valence-corrected chi connectivity index (χ4v) is 2.60. The summed E-state index contributed by atoms with van der Waals surface area (Å²) in [6.07, 6.45) is 1.96. The highest BCUT2D eigenvalue weighted by molar-refractivity contribution is 5.73. The molecule has 7 nitrogen and oxygen atoms in total.